The fraction of sp³-hybridized carbons (Fsp3) is 0.227. The number of hydrogen-bond acceptors (Lipinski definition) is 21. The minimum atomic E-state index is -0.744. The zero-order valence-corrected chi connectivity index (χ0v) is 77.6. The summed E-state index contributed by atoms with van der Waals surface area (Å²) in [6, 6.07) is 58.6. The van der Waals surface area contributed by atoms with Gasteiger partial charge in [-0.1, -0.05) is 119 Å². The van der Waals surface area contributed by atoms with Gasteiger partial charge in [0.25, 0.3) is 0 Å². The second-order valence-corrected chi connectivity index (χ2v) is 35.1. The molecule has 26 heteroatoms. The topological polar surface area (TPSA) is 331 Å². The Balaban J connectivity index is 0.000000116. The van der Waals surface area contributed by atoms with Gasteiger partial charge in [0.15, 0.2) is 0 Å². The summed E-state index contributed by atoms with van der Waals surface area (Å²) in [5.41, 5.74) is 32.7. The Labute approximate surface area is 784 Å². The van der Waals surface area contributed by atoms with Crippen LogP contribution in [0.3, 0.4) is 0 Å². The fourth-order valence-electron chi connectivity index (χ4n) is 18.7. The number of aromatic nitrogens is 18. The van der Waals surface area contributed by atoms with Crippen molar-refractivity contribution >= 4 is 55.9 Å². The third kappa shape index (κ3) is 17.6. The Morgan fingerprint density at radius 1 is 0.434 bits per heavy atom. The summed E-state index contributed by atoms with van der Waals surface area (Å²) in [4.78, 5) is 70.5. The van der Waals surface area contributed by atoms with Gasteiger partial charge >= 0.3 is 5.97 Å². The van der Waals surface area contributed by atoms with E-state index in [0.29, 0.717) is 37.3 Å². The molecule has 0 saturated heterocycles. The highest BCUT2D eigenvalue weighted by Crippen LogP contribution is 2.50. The number of carboxylic acids is 1. The first-order valence-electron chi connectivity index (χ1n) is 45.7. The number of benzene rings is 3. The summed E-state index contributed by atoms with van der Waals surface area (Å²) in [6.45, 7) is 24.2. The number of hydrogen-bond donors (Lipinski definition) is 1. The Hall–Kier alpha value is -16.4. The minimum absolute atomic E-state index is 0.0239. The quantitative estimate of drug-likeness (QED) is 0.0621. The number of carboxylic acid groups (broad SMARTS) is 1. The molecule has 0 unspecified atom stereocenters. The maximum atomic E-state index is 11.8. The van der Waals surface area contributed by atoms with Crippen molar-refractivity contribution in [2.24, 2.45) is 0 Å². The van der Waals surface area contributed by atoms with Crippen molar-refractivity contribution in [1.29, 1.82) is 5.26 Å². The van der Waals surface area contributed by atoms with E-state index in [0.717, 1.165) is 232 Å². The maximum Gasteiger partial charge on any atom is 0.314 e. The minimum Gasteiger partial charge on any atom is -0.481 e. The van der Waals surface area contributed by atoms with Crippen LogP contribution in [0.15, 0.2) is 275 Å². The van der Waals surface area contributed by atoms with Crippen LogP contribution in [0.25, 0.3) is 133 Å². The van der Waals surface area contributed by atoms with Crippen LogP contribution in [0.2, 0.25) is 0 Å². The summed E-state index contributed by atoms with van der Waals surface area (Å²) < 4.78 is 30.6. The van der Waals surface area contributed by atoms with E-state index in [9.17, 15) is 20.0 Å². The van der Waals surface area contributed by atoms with Gasteiger partial charge in [0, 0.05) is 171 Å². The molecule has 1 N–H and O–H groups in total. The second kappa shape index (κ2) is 37.7. The molecule has 17 aromatic heterocycles. The first-order valence-corrected chi connectivity index (χ1v) is 45.7. The van der Waals surface area contributed by atoms with Crippen molar-refractivity contribution in [2.75, 3.05) is 0 Å². The Morgan fingerprint density at radius 3 is 1.18 bits per heavy atom. The monoisotopic (exact) mass is 1800 g/mol. The fourth-order valence-corrected chi connectivity index (χ4v) is 18.7. The van der Waals surface area contributed by atoms with Gasteiger partial charge in [0.05, 0.1) is 131 Å². The summed E-state index contributed by atoms with van der Waals surface area (Å²) in [7, 11) is 0. The van der Waals surface area contributed by atoms with Crippen LogP contribution >= 0.6 is 0 Å². The van der Waals surface area contributed by atoms with Crippen molar-refractivity contribution in [3.8, 4) is 95.1 Å². The molecule has 20 aromatic rings. The maximum absolute atomic E-state index is 11.8. The van der Waals surface area contributed by atoms with Crippen LogP contribution in [-0.4, -0.2) is 106 Å². The lowest BCUT2D eigenvalue weighted by Crippen LogP contribution is -2.19. The van der Waals surface area contributed by atoms with E-state index >= 15 is 0 Å². The molecule has 2 aliphatic rings. The molecule has 0 radical (unpaired) electrons. The molecule has 676 valence electrons. The van der Waals surface area contributed by atoms with Crippen molar-refractivity contribution in [3.05, 3.63) is 348 Å². The van der Waals surface area contributed by atoms with Gasteiger partial charge in [-0.2, -0.15) is 5.26 Å². The van der Waals surface area contributed by atoms with Gasteiger partial charge < -0.3 is 41.5 Å². The Morgan fingerprint density at radius 2 is 0.809 bits per heavy atom. The van der Waals surface area contributed by atoms with Gasteiger partial charge in [0.1, 0.15) is 34.6 Å². The summed E-state index contributed by atoms with van der Waals surface area (Å²) in [6.07, 6.45) is 33.2. The van der Waals surface area contributed by atoms with Crippen molar-refractivity contribution in [3.63, 3.8) is 0 Å². The standard InChI is InChI=1S/C30H28N4O3.C27H23N5O.C27H24N4O2.C26H24N6O/c1-4-25(24-7-5-6-14-31-24)34-17-23(20-8-10-22(11-9-20)30(12-13-30)29(35)36)28-26(34)15-21(16-32-28)27-18(2)33-37-19(27)3;1-4-24(23-7-5-6-12-29-23)32-16-22(20-10-8-19(14-28)9-11-20)27-25(32)13-21(15-30-27)26-17(2)31-33-18(26)3;1-17(32)12-20-7-9-21(10-8-20)24-16-31(15-23-6-4-5-11-28-23)25-13-22(14-29-27(24)25)26-18(2)30-33-19(26)3;1-15-24(17(3)33-31-15)19-10-23-25(28-11-19)21(20-12-29-26(30-13-20)18-7-8-18)14-32(23)16(2)22-6-4-5-9-27-22/h5-11,14-17,25H,4,12-13H2,1-3H3,(H,35,36);5-13,15-16,24H,4H2,1-3H3;4-11,13-14,16H,12,15H2,1-3H3;4-6,9-14,16,18H,7-8H2,1-3H3/t25-;24-;;16-/m00.0/s1. The van der Waals surface area contributed by atoms with E-state index in [-0.39, 0.29) is 23.9 Å². The average Bonchev–Trinajstić information content (AvgIpc) is 1.62. The van der Waals surface area contributed by atoms with Crippen LogP contribution in [0.5, 0.6) is 0 Å². The van der Waals surface area contributed by atoms with Gasteiger partial charge in [0.2, 0.25) is 0 Å². The van der Waals surface area contributed by atoms with Crippen LogP contribution in [0, 0.1) is 66.7 Å². The van der Waals surface area contributed by atoms with Crippen molar-refractivity contribution in [2.45, 2.75) is 164 Å². The molecule has 0 aliphatic heterocycles. The molecule has 2 saturated carbocycles. The van der Waals surface area contributed by atoms with Gasteiger partial charge in [-0.05, 0) is 221 Å². The van der Waals surface area contributed by atoms with E-state index in [2.05, 4.69) is 175 Å². The number of nitriles is 1. The van der Waals surface area contributed by atoms with Crippen molar-refractivity contribution in [1.82, 2.24) is 88.7 Å². The highest BCUT2D eigenvalue weighted by molar-refractivity contribution is 5.99. The summed E-state index contributed by atoms with van der Waals surface area (Å²) >= 11 is 0. The Bertz CT molecular complexity index is 7750. The SMILES string of the molecule is CC(=O)Cc1ccc(-c2cn(Cc3ccccn3)c3cc(-c4c(C)noc4C)cnc23)cc1.CC[C@@H](c1ccccn1)n1cc(-c2ccc(C#N)cc2)c2ncc(-c3c(C)noc3C)cc21.CC[C@@H](c1ccccn1)n1cc(-c2ccc(C3(C(=O)O)CC3)cc2)c2ncc(-c3c(C)noc3C)cc21.Cc1noc(C)c1-c1cnc2c(-c3cnc(C4CC4)nc3)cn([C@@H](C)c3ccccn3)c2c1. The number of fused-ring (bicyclic) bond motifs is 4. The van der Waals surface area contributed by atoms with Crippen LogP contribution in [0.4, 0.5) is 0 Å². The molecule has 136 heavy (non-hydrogen) atoms. The number of aryl methyl sites for hydroxylation is 8. The lowest BCUT2D eigenvalue weighted by molar-refractivity contribution is -0.140. The smallest absolute Gasteiger partial charge is 0.314 e. The number of Topliss-reactive ketones (excluding diaryl/α,β-unsaturated/α-hetero) is 1. The number of carbonyl (C=O) groups excluding carboxylic acids is 1. The molecule has 3 atom stereocenters. The van der Waals surface area contributed by atoms with Crippen LogP contribution in [-0.2, 0) is 28.0 Å². The molecule has 26 nitrogen and oxygen atoms in total. The number of aliphatic carboxylic acids is 1. The van der Waals surface area contributed by atoms with Crippen LogP contribution < -0.4 is 0 Å². The second-order valence-electron chi connectivity index (χ2n) is 35.1. The zero-order chi connectivity index (χ0) is 94.2. The zero-order valence-electron chi connectivity index (χ0n) is 77.6. The predicted octanol–water partition coefficient (Wildman–Crippen LogP) is 23.9. The number of carbonyl (C=O) groups is 2. The highest BCUT2D eigenvalue weighted by Gasteiger charge is 2.51. The third-order valence-corrected chi connectivity index (χ3v) is 26.0. The molecule has 2 fully saturated rings. The normalized spacial score (nSPS) is 13.3. The number of nitrogens with zero attached hydrogens (tertiary/aromatic N) is 19. The lowest BCUT2D eigenvalue weighted by Gasteiger charge is -2.18. The van der Waals surface area contributed by atoms with Gasteiger partial charge in [-0.25, -0.2) is 9.97 Å². The predicted molar refractivity (Wildman–Crippen MR) is 522 cm³/mol. The van der Waals surface area contributed by atoms with Gasteiger partial charge in [-0.3, -0.25) is 49.5 Å². The molecule has 2 aliphatic carbocycles. The summed E-state index contributed by atoms with van der Waals surface area (Å²) in [5.74, 6) is 3.98. The summed E-state index contributed by atoms with van der Waals surface area (Å²) in [5, 5.41) is 35.4. The van der Waals surface area contributed by atoms with E-state index < -0.39 is 11.4 Å². The van der Waals surface area contributed by atoms with Gasteiger partial charge in [-0.15, -0.1) is 0 Å². The van der Waals surface area contributed by atoms with Crippen LogP contribution in [0.1, 0.15) is 181 Å². The number of rotatable bonds is 23. The molecule has 0 bridgehead atoms. The Kier molecular flexibility index (Phi) is 24.6. The molecule has 17 heterocycles. The number of ketones is 1. The highest BCUT2D eigenvalue weighted by atomic mass is 16.5. The largest absolute Gasteiger partial charge is 0.481 e. The molecule has 3 aromatic carbocycles. The molecule has 0 amide bonds. The van der Waals surface area contributed by atoms with Crippen molar-refractivity contribution < 1.29 is 32.8 Å². The van der Waals surface area contributed by atoms with E-state index in [1.54, 1.807) is 6.92 Å². The average molecular weight is 1800 g/mol. The lowest BCUT2D eigenvalue weighted by atomic mass is 9.94. The molecule has 0 spiro atoms. The third-order valence-electron chi connectivity index (χ3n) is 26.0. The molecular formula is C110H99N19O7. The van der Waals surface area contributed by atoms with E-state index in [1.807, 2.05) is 233 Å². The van der Waals surface area contributed by atoms with E-state index in [1.165, 1.54) is 12.8 Å². The molecular weight excluding hydrogens is 1700 g/mol. The number of pyridine rings is 8. The molecule has 22 rings (SSSR count). The first kappa shape index (κ1) is 88.8. The first-order chi connectivity index (χ1) is 66.1. The van der Waals surface area contributed by atoms with E-state index in [4.69, 9.17) is 38.0 Å².